The fraction of sp³-hybridized carbons (Fsp3) is 0.278. The molecular formula is C18H17ClFNO3. The summed E-state index contributed by atoms with van der Waals surface area (Å²) in [5.74, 6) is -0.457. The van der Waals surface area contributed by atoms with E-state index in [4.69, 9.17) is 16.3 Å². The molecular weight excluding hydrogens is 333 g/mol. The Labute approximate surface area is 144 Å². The molecule has 3 rings (SSSR count). The number of hydrogen-bond donors (Lipinski definition) is 1. The highest BCUT2D eigenvalue weighted by molar-refractivity contribution is 6.30. The molecule has 1 fully saturated rings. The number of nitrogens with zero attached hydrogens (tertiary/aromatic N) is 1. The fourth-order valence-corrected chi connectivity index (χ4v) is 3.01. The van der Waals surface area contributed by atoms with E-state index < -0.39 is 11.6 Å². The van der Waals surface area contributed by atoms with Crippen LogP contribution in [0, 0.1) is 5.82 Å². The molecule has 1 heterocycles. The molecule has 0 radical (unpaired) electrons. The standard InChI is InChI=1S/C18H17ClFNO3/c19-13-2-4-14(5-3-13)24-15-7-9-21(10-8-15)18-12(11-22)1-6-16(23)17(18)20/h1-6,11,15,23H,7-10H2. The number of carbonyl (C=O) groups is 1. The van der Waals surface area contributed by atoms with Gasteiger partial charge in [-0.25, -0.2) is 4.39 Å². The van der Waals surface area contributed by atoms with Crippen LogP contribution in [0.2, 0.25) is 5.02 Å². The maximum atomic E-state index is 14.2. The zero-order chi connectivity index (χ0) is 17.1. The van der Waals surface area contributed by atoms with Gasteiger partial charge in [-0.15, -0.1) is 0 Å². The minimum absolute atomic E-state index is 0.0162. The van der Waals surface area contributed by atoms with Crippen LogP contribution < -0.4 is 9.64 Å². The Bertz CT molecular complexity index is 728. The summed E-state index contributed by atoms with van der Waals surface area (Å²) in [6, 6.07) is 9.78. The molecule has 0 bridgehead atoms. The van der Waals surface area contributed by atoms with Gasteiger partial charge in [0.1, 0.15) is 11.9 Å². The molecule has 24 heavy (non-hydrogen) atoms. The number of aldehydes is 1. The highest BCUT2D eigenvalue weighted by Gasteiger charge is 2.25. The highest BCUT2D eigenvalue weighted by Crippen LogP contribution is 2.32. The van der Waals surface area contributed by atoms with Crippen molar-refractivity contribution in [1.82, 2.24) is 0 Å². The fourth-order valence-electron chi connectivity index (χ4n) is 2.89. The summed E-state index contributed by atoms with van der Waals surface area (Å²) in [7, 11) is 0. The zero-order valence-electron chi connectivity index (χ0n) is 12.9. The van der Waals surface area contributed by atoms with E-state index in [1.807, 2.05) is 12.1 Å². The van der Waals surface area contributed by atoms with Gasteiger partial charge in [0.15, 0.2) is 17.9 Å². The van der Waals surface area contributed by atoms with Crippen LogP contribution in [0.25, 0.3) is 0 Å². The number of aromatic hydroxyl groups is 1. The molecule has 126 valence electrons. The minimum Gasteiger partial charge on any atom is -0.505 e. The number of phenolic OH excluding ortho intramolecular Hbond substituents is 1. The summed E-state index contributed by atoms with van der Waals surface area (Å²) in [5.41, 5.74) is 0.400. The van der Waals surface area contributed by atoms with Crippen molar-refractivity contribution in [2.75, 3.05) is 18.0 Å². The first-order valence-corrected chi connectivity index (χ1v) is 8.10. The summed E-state index contributed by atoms with van der Waals surface area (Å²) >= 11 is 5.85. The molecule has 0 unspecified atom stereocenters. The van der Waals surface area contributed by atoms with E-state index in [2.05, 4.69) is 0 Å². The molecule has 6 heteroatoms. The molecule has 4 nitrogen and oxygen atoms in total. The number of carbonyl (C=O) groups excluding carboxylic acids is 1. The van der Waals surface area contributed by atoms with Crippen molar-refractivity contribution in [3.8, 4) is 11.5 Å². The molecule has 0 amide bonds. The number of rotatable bonds is 4. The first kappa shape index (κ1) is 16.6. The van der Waals surface area contributed by atoms with E-state index >= 15 is 0 Å². The van der Waals surface area contributed by atoms with E-state index in [1.165, 1.54) is 12.1 Å². The van der Waals surface area contributed by atoms with Gasteiger partial charge in [0.2, 0.25) is 0 Å². The van der Waals surface area contributed by atoms with Crippen molar-refractivity contribution in [2.24, 2.45) is 0 Å². The second-order valence-electron chi connectivity index (χ2n) is 5.71. The molecule has 1 N–H and O–H groups in total. The third-order valence-electron chi connectivity index (χ3n) is 4.13. The van der Waals surface area contributed by atoms with Gasteiger partial charge in [-0.3, -0.25) is 4.79 Å². The lowest BCUT2D eigenvalue weighted by atomic mass is 10.0. The average Bonchev–Trinajstić information content (AvgIpc) is 2.60. The largest absolute Gasteiger partial charge is 0.505 e. The second-order valence-corrected chi connectivity index (χ2v) is 6.15. The Kier molecular flexibility index (Phi) is 4.90. The van der Waals surface area contributed by atoms with E-state index in [9.17, 15) is 14.3 Å². The molecule has 0 aromatic heterocycles. The number of halogens is 2. The number of benzene rings is 2. The molecule has 0 aliphatic carbocycles. The molecule has 0 spiro atoms. The van der Waals surface area contributed by atoms with Crippen molar-refractivity contribution in [2.45, 2.75) is 18.9 Å². The Morgan fingerprint density at radius 1 is 1.17 bits per heavy atom. The van der Waals surface area contributed by atoms with Gasteiger partial charge in [-0.1, -0.05) is 11.6 Å². The summed E-state index contributed by atoms with van der Waals surface area (Å²) in [4.78, 5) is 12.9. The first-order valence-electron chi connectivity index (χ1n) is 7.72. The van der Waals surface area contributed by atoms with Crippen molar-refractivity contribution < 1.29 is 19.0 Å². The van der Waals surface area contributed by atoms with Crippen LogP contribution in [0.5, 0.6) is 11.5 Å². The quantitative estimate of drug-likeness (QED) is 0.846. The number of ether oxygens (including phenoxy) is 1. The molecule has 1 saturated heterocycles. The first-order chi connectivity index (χ1) is 11.6. The summed E-state index contributed by atoms with van der Waals surface area (Å²) in [6.07, 6.45) is 2.00. The normalized spacial score (nSPS) is 15.3. The van der Waals surface area contributed by atoms with Gasteiger partial charge in [0, 0.05) is 36.5 Å². The molecule has 0 atom stereocenters. The van der Waals surface area contributed by atoms with Crippen LogP contribution in [-0.2, 0) is 0 Å². The molecule has 0 saturated carbocycles. The topological polar surface area (TPSA) is 49.8 Å². The Morgan fingerprint density at radius 2 is 1.83 bits per heavy atom. The molecule has 1 aliphatic rings. The smallest absolute Gasteiger partial charge is 0.188 e. The average molecular weight is 350 g/mol. The van der Waals surface area contributed by atoms with E-state index in [0.717, 1.165) is 5.75 Å². The van der Waals surface area contributed by atoms with Crippen LogP contribution in [0.4, 0.5) is 10.1 Å². The zero-order valence-corrected chi connectivity index (χ0v) is 13.7. The monoisotopic (exact) mass is 349 g/mol. The van der Waals surface area contributed by atoms with Crippen molar-refractivity contribution in [1.29, 1.82) is 0 Å². The third kappa shape index (κ3) is 3.46. The van der Waals surface area contributed by atoms with Crippen LogP contribution in [0.15, 0.2) is 36.4 Å². The van der Waals surface area contributed by atoms with Gasteiger partial charge in [0.05, 0.1) is 5.69 Å². The van der Waals surface area contributed by atoms with Crippen molar-refractivity contribution in [3.63, 3.8) is 0 Å². The summed E-state index contributed by atoms with van der Waals surface area (Å²) in [6.45, 7) is 1.08. The lowest BCUT2D eigenvalue weighted by Crippen LogP contribution is -2.39. The minimum atomic E-state index is -0.753. The summed E-state index contributed by atoms with van der Waals surface area (Å²) in [5, 5.41) is 10.2. The molecule has 2 aromatic rings. The van der Waals surface area contributed by atoms with Gasteiger partial charge >= 0.3 is 0 Å². The van der Waals surface area contributed by atoms with Gasteiger partial charge in [-0.2, -0.15) is 0 Å². The van der Waals surface area contributed by atoms with Gasteiger partial charge in [-0.05, 0) is 36.4 Å². The second kappa shape index (κ2) is 7.09. The van der Waals surface area contributed by atoms with E-state index in [1.54, 1.807) is 17.0 Å². The Balaban J connectivity index is 1.68. The lowest BCUT2D eigenvalue weighted by Gasteiger charge is -2.34. The van der Waals surface area contributed by atoms with Crippen LogP contribution in [-0.4, -0.2) is 30.6 Å². The Morgan fingerprint density at radius 3 is 2.46 bits per heavy atom. The van der Waals surface area contributed by atoms with Crippen LogP contribution >= 0.6 is 11.6 Å². The number of piperidine rings is 1. The SMILES string of the molecule is O=Cc1ccc(O)c(F)c1N1CCC(Oc2ccc(Cl)cc2)CC1. The number of hydrogen-bond acceptors (Lipinski definition) is 4. The number of phenols is 1. The Hall–Kier alpha value is -2.27. The van der Waals surface area contributed by atoms with E-state index in [0.29, 0.717) is 37.2 Å². The molecule has 1 aliphatic heterocycles. The summed E-state index contributed by atoms with van der Waals surface area (Å²) < 4.78 is 20.1. The maximum absolute atomic E-state index is 14.2. The predicted octanol–water partition coefficient (Wildman–Crippen LogP) is 4.05. The van der Waals surface area contributed by atoms with Gasteiger partial charge in [0.25, 0.3) is 0 Å². The van der Waals surface area contributed by atoms with E-state index in [-0.39, 0.29) is 17.4 Å². The maximum Gasteiger partial charge on any atom is 0.188 e. The van der Waals surface area contributed by atoms with Crippen LogP contribution in [0.1, 0.15) is 23.2 Å². The lowest BCUT2D eigenvalue weighted by molar-refractivity contribution is 0.112. The highest BCUT2D eigenvalue weighted by atomic mass is 35.5. The molecule has 2 aromatic carbocycles. The third-order valence-corrected chi connectivity index (χ3v) is 4.38. The van der Waals surface area contributed by atoms with Crippen molar-refractivity contribution in [3.05, 3.63) is 52.8 Å². The van der Waals surface area contributed by atoms with Gasteiger partial charge < -0.3 is 14.7 Å². The number of anilines is 1. The predicted molar refractivity (Wildman–Crippen MR) is 90.8 cm³/mol. The van der Waals surface area contributed by atoms with Crippen molar-refractivity contribution >= 4 is 23.6 Å². The van der Waals surface area contributed by atoms with Crippen LogP contribution in [0.3, 0.4) is 0 Å².